The fraction of sp³-hybridized carbons (Fsp3) is 0.364. The number of anilines is 1. The molecule has 8 heteroatoms. The highest BCUT2D eigenvalue weighted by atomic mass is 32.1. The number of amides is 2. The molecular weight excluding hydrogens is 400 g/mol. The normalized spacial score (nSPS) is 18.7. The lowest BCUT2D eigenvalue weighted by atomic mass is 10.0. The molecule has 2 aliphatic heterocycles. The Balaban J connectivity index is 1.32. The molecule has 2 amide bonds. The van der Waals surface area contributed by atoms with Crippen molar-refractivity contribution in [2.75, 3.05) is 24.6 Å². The topological polar surface area (TPSA) is 75.6 Å². The Bertz CT molecular complexity index is 1130. The Hall–Kier alpha value is -3.00. The summed E-state index contributed by atoms with van der Waals surface area (Å²) in [6, 6.07) is 9.66. The van der Waals surface area contributed by atoms with E-state index in [1.807, 2.05) is 42.2 Å². The van der Waals surface area contributed by atoms with E-state index in [0.717, 1.165) is 33.6 Å². The van der Waals surface area contributed by atoms with Crippen molar-refractivity contribution in [2.45, 2.75) is 26.3 Å². The highest BCUT2D eigenvalue weighted by molar-refractivity contribution is 7.22. The lowest BCUT2D eigenvalue weighted by Gasteiger charge is -2.30. The molecule has 0 spiro atoms. The van der Waals surface area contributed by atoms with Gasteiger partial charge in [-0.15, -0.1) is 0 Å². The van der Waals surface area contributed by atoms with Crippen LogP contribution in [0.2, 0.25) is 0 Å². The van der Waals surface area contributed by atoms with Crippen LogP contribution >= 0.6 is 11.3 Å². The molecule has 7 nitrogen and oxygen atoms in total. The minimum absolute atomic E-state index is 0.0418. The second-order valence-electron chi connectivity index (χ2n) is 7.58. The van der Waals surface area contributed by atoms with Crippen LogP contribution in [-0.2, 0) is 22.6 Å². The van der Waals surface area contributed by atoms with Gasteiger partial charge >= 0.3 is 0 Å². The van der Waals surface area contributed by atoms with Crippen LogP contribution in [0.4, 0.5) is 5.13 Å². The lowest BCUT2D eigenvalue weighted by molar-refractivity contribution is -0.136. The summed E-state index contributed by atoms with van der Waals surface area (Å²) in [6.45, 7) is 4.14. The molecule has 1 aromatic carbocycles. The zero-order valence-corrected chi connectivity index (χ0v) is 17.5. The number of hydrogen-bond donors (Lipinski definition) is 0. The second-order valence-corrected chi connectivity index (χ2v) is 8.59. The number of thiazole rings is 1. The van der Waals surface area contributed by atoms with Crippen molar-refractivity contribution in [3.05, 3.63) is 47.8 Å². The summed E-state index contributed by atoms with van der Waals surface area (Å²) in [5, 5.41) is 0.645. The summed E-state index contributed by atoms with van der Waals surface area (Å²) in [5.74, 6) is 0.458. The Morgan fingerprint density at radius 2 is 2.23 bits per heavy atom. The summed E-state index contributed by atoms with van der Waals surface area (Å²) < 4.78 is 6.53. The molecule has 2 aromatic heterocycles. The molecule has 2 aliphatic rings. The number of rotatable bonds is 4. The molecule has 0 saturated carbocycles. The van der Waals surface area contributed by atoms with Crippen LogP contribution in [0.5, 0.6) is 5.75 Å². The van der Waals surface area contributed by atoms with Crippen LogP contribution in [0.1, 0.15) is 24.6 Å². The van der Waals surface area contributed by atoms with Crippen LogP contribution in [-0.4, -0.2) is 46.4 Å². The first kappa shape index (κ1) is 19.0. The van der Waals surface area contributed by atoms with E-state index in [1.165, 1.54) is 11.3 Å². The van der Waals surface area contributed by atoms with Gasteiger partial charge in [0, 0.05) is 44.4 Å². The molecule has 3 aromatic rings. The van der Waals surface area contributed by atoms with Crippen molar-refractivity contribution in [1.29, 1.82) is 0 Å². The fourth-order valence-electron chi connectivity index (χ4n) is 4.13. The van der Waals surface area contributed by atoms with Gasteiger partial charge in [-0.25, -0.2) is 4.98 Å². The number of ether oxygens (including phenoxy) is 1. The van der Waals surface area contributed by atoms with Gasteiger partial charge in [0.05, 0.1) is 22.7 Å². The Morgan fingerprint density at radius 1 is 1.33 bits per heavy atom. The molecule has 0 bridgehead atoms. The molecule has 0 aliphatic carbocycles. The van der Waals surface area contributed by atoms with Gasteiger partial charge in [0.15, 0.2) is 5.13 Å². The first-order valence-electron chi connectivity index (χ1n) is 10.2. The summed E-state index contributed by atoms with van der Waals surface area (Å²) in [5.41, 5.74) is 2.99. The molecule has 1 unspecified atom stereocenters. The van der Waals surface area contributed by atoms with Crippen molar-refractivity contribution in [3.63, 3.8) is 0 Å². The molecule has 1 saturated heterocycles. The average molecular weight is 423 g/mol. The first-order chi connectivity index (χ1) is 14.6. The maximum absolute atomic E-state index is 13.1. The third-order valence-corrected chi connectivity index (χ3v) is 6.68. The highest BCUT2D eigenvalue weighted by Gasteiger charge is 2.39. The van der Waals surface area contributed by atoms with Crippen LogP contribution in [0.15, 0.2) is 36.5 Å². The maximum Gasteiger partial charge on any atom is 0.229 e. The van der Waals surface area contributed by atoms with Gasteiger partial charge < -0.3 is 9.64 Å². The standard InChI is InChI=1S/C22H22N4O3S/c1-2-29-16-5-6-18-19(11-16)30-22(24-18)26-13-15(10-20(26)27)21(28)25-9-7-17-14(12-25)4-3-8-23-17/h3-6,8,11,15H,2,7,9-10,12-13H2,1H3. The largest absolute Gasteiger partial charge is 0.494 e. The van der Waals surface area contributed by atoms with Crippen LogP contribution in [0.3, 0.4) is 0 Å². The minimum Gasteiger partial charge on any atom is -0.494 e. The van der Waals surface area contributed by atoms with Gasteiger partial charge in [-0.05, 0) is 36.8 Å². The van der Waals surface area contributed by atoms with Gasteiger partial charge in [0.2, 0.25) is 11.8 Å². The quantitative estimate of drug-likeness (QED) is 0.646. The predicted octanol–water partition coefficient (Wildman–Crippen LogP) is 3.03. The monoisotopic (exact) mass is 422 g/mol. The smallest absolute Gasteiger partial charge is 0.229 e. The number of carbonyl (C=O) groups excluding carboxylic acids is 2. The van der Waals surface area contributed by atoms with Crippen molar-refractivity contribution in [1.82, 2.24) is 14.9 Å². The van der Waals surface area contributed by atoms with Crippen LogP contribution in [0.25, 0.3) is 10.2 Å². The molecular formula is C22H22N4O3S. The fourth-order valence-corrected chi connectivity index (χ4v) is 5.16. The number of aromatic nitrogens is 2. The van der Waals surface area contributed by atoms with Gasteiger partial charge in [0.25, 0.3) is 0 Å². The third-order valence-electron chi connectivity index (χ3n) is 5.64. The minimum atomic E-state index is -0.332. The zero-order chi connectivity index (χ0) is 20.7. The highest BCUT2D eigenvalue weighted by Crippen LogP contribution is 2.35. The Labute approximate surface area is 178 Å². The summed E-state index contributed by atoms with van der Waals surface area (Å²) >= 11 is 1.46. The molecule has 30 heavy (non-hydrogen) atoms. The molecule has 154 valence electrons. The summed E-state index contributed by atoms with van der Waals surface area (Å²) in [6.07, 6.45) is 2.78. The number of fused-ring (bicyclic) bond motifs is 2. The van der Waals surface area contributed by atoms with E-state index >= 15 is 0 Å². The van der Waals surface area contributed by atoms with Crippen LogP contribution in [0, 0.1) is 5.92 Å². The summed E-state index contributed by atoms with van der Waals surface area (Å²) in [4.78, 5) is 38.4. The summed E-state index contributed by atoms with van der Waals surface area (Å²) in [7, 11) is 0. The molecule has 0 N–H and O–H groups in total. The molecule has 1 fully saturated rings. The molecule has 0 radical (unpaired) electrons. The zero-order valence-electron chi connectivity index (χ0n) is 16.7. The van der Waals surface area contributed by atoms with E-state index in [-0.39, 0.29) is 24.2 Å². The number of nitrogens with zero attached hydrogens (tertiary/aromatic N) is 4. The van der Waals surface area contributed by atoms with E-state index in [1.54, 1.807) is 11.1 Å². The molecule has 5 rings (SSSR count). The van der Waals surface area contributed by atoms with E-state index < -0.39 is 0 Å². The van der Waals surface area contributed by atoms with Crippen molar-refractivity contribution < 1.29 is 14.3 Å². The lowest BCUT2D eigenvalue weighted by Crippen LogP contribution is -2.40. The Morgan fingerprint density at radius 3 is 3.10 bits per heavy atom. The van der Waals surface area contributed by atoms with Crippen LogP contribution < -0.4 is 9.64 Å². The first-order valence-corrected chi connectivity index (χ1v) is 11.0. The number of pyridine rings is 1. The van der Waals surface area contributed by atoms with Crippen molar-refractivity contribution >= 4 is 38.5 Å². The van der Waals surface area contributed by atoms with Gasteiger partial charge in [-0.2, -0.15) is 0 Å². The van der Waals surface area contributed by atoms with E-state index in [2.05, 4.69) is 9.97 Å². The number of carbonyl (C=O) groups is 2. The number of hydrogen-bond acceptors (Lipinski definition) is 6. The van der Waals surface area contributed by atoms with Crippen molar-refractivity contribution in [2.24, 2.45) is 5.92 Å². The Kier molecular flexibility index (Phi) is 4.86. The second kappa shape index (κ2) is 7.68. The van der Waals surface area contributed by atoms with Gasteiger partial charge in [-0.1, -0.05) is 17.4 Å². The van der Waals surface area contributed by atoms with E-state index in [4.69, 9.17) is 4.74 Å². The molecule has 4 heterocycles. The van der Waals surface area contributed by atoms with Gasteiger partial charge in [0.1, 0.15) is 5.75 Å². The van der Waals surface area contributed by atoms with E-state index in [9.17, 15) is 9.59 Å². The average Bonchev–Trinajstić information content (AvgIpc) is 3.36. The SMILES string of the molecule is CCOc1ccc2nc(N3CC(C(=O)N4CCc5ncccc5C4)CC3=O)sc2c1. The maximum atomic E-state index is 13.1. The van der Waals surface area contributed by atoms with Crippen molar-refractivity contribution in [3.8, 4) is 5.75 Å². The van der Waals surface area contributed by atoms with Gasteiger partial charge in [-0.3, -0.25) is 19.5 Å². The number of benzene rings is 1. The van der Waals surface area contributed by atoms with E-state index in [0.29, 0.717) is 31.4 Å². The molecule has 1 atom stereocenters. The predicted molar refractivity (Wildman–Crippen MR) is 115 cm³/mol. The third kappa shape index (κ3) is 3.41.